The zero-order valence-electron chi connectivity index (χ0n) is 17.8. The molecule has 6 rings (SSSR count). The van der Waals surface area contributed by atoms with E-state index >= 15 is 0 Å². The van der Waals surface area contributed by atoms with Gasteiger partial charge in [0.25, 0.3) is 0 Å². The zero-order chi connectivity index (χ0) is 21.5. The number of hydrogen-bond acceptors (Lipinski definition) is 5. The largest absolute Gasteiger partial charge is 0.489 e. The van der Waals surface area contributed by atoms with Crippen molar-refractivity contribution in [2.45, 2.75) is 19.4 Å². The van der Waals surface area contributed by atoms with Gasteiger partial charge in [-0.1, -0.05) is 24.3 Å². The SMILES string of the molecule is Cc1ccc2c(-c3cnn4cc(-c5ccc(O[C@H]6CCNC6)cc5)cnc34)ccnc2c1. The number of aryl methyl sites for hydroxylation is 1. The Morgan fingerprint density at radius 3 is 2.72 bits per heavy atom. The molecule has 1 N–H and O–H groups in total. The standard InChI is InChI=1S/C26H23N5O/c1-17-2-7-23-22(9-11-28-25(23)12-17)24-15-30-31-16-19(13-29-26(24)31)18-3-5-20(6-4-18)32-21-8-10-27-14-21/h2-7,9,11-13,15-16,21,27H,8,10,14H2,1H3/t21-/m0/s1. The first-order chi connectivity index (χ1) is 15.7. The Hall–Kier alpha value is -3.77. The minimum absolute atomic E-state index is 0.259. The highest BCUT2D eigenvalue weighted by molar-refractivity contribution is 5.97. The fourth-order valence-electron chi connectivity index (χ4n) is 4.35. The second-order valence-electron chi connectivity index (χ2n) is 8.31. The number of benzene rings is 2. The first-order valence-electron chi connectivity index (χ1n) is 10.9. The molecule has 158 valence electrons. The monoisotopic (exact) mass is 421 g/mol. The first kappa shape index (κ1) is 19.0. The van der Waals surface area contributed by atoms with Crippen LogP contribution in [0.1, 0.15) is 12.0 Å². The molecular weight excluding hydrogens is 398 g/mol. The van der Waals surface area contributed by atoms with Gasteiger partial charge in [-0.3, -0.25) is 4.98 Å². The average molecular weight is 422 g/mol. The number of rotatable bonds is 4. The van der Waals surface area contributed by atoms with Crippen LogP contribution in [0.5, 0.6) is 5.75 Å². The van der Waals surface area contributed by atoms with Gasteiger partial charge in [0.1, 0.15) is 11.9 Å². The Labute approximate surface area is 185 Å². The lowest BCUT2D eigenvalue weighted by atomic mass is 10.0. The highest BCUT2D eigenvalue weighted by Crippen LogP contribution is 2.31. The maximum Gasteiger partial charge on any atom is 0.162 e. The molecule has 0 aliphatic carbocycles. The Bertz CT molecular complexity index is 1420. The van der Waals surface area contributed by atoms with Crippen LogP contribution in [-0.2, 0) is 0 Å². The summed E-state index contributed by atoms with van der Waals surface area (Å²) < 4.78 is 7.88. The molecular formula is C26H23N5O. The predicted octanol–water partition coefficient (Wildman–Crippen LogP) is 4.66. The van der Waals surface area contributed by atoms with E-state index in [1.54, 1.807) is 0 Å². The molecule has 0 spiro atoms. The molecule has 6 nitrogen and oxygen atoms in total. The van der Waals surface area contributed by atoms with Gasteiger partial charge in [-0.05, 0) is 60.8 Å². The van der Waals surface area contributed by atoms with Crippen LogP contribution < -0.4 is 10.1 Å². The van der Waals surface area contributed by atoms with E-state index in [9.17, 15) is 0 Å². The van der Waals surface area contributed by atoms with Crippen molar-refractivity contribution in [1.29, 1.82) is 0 Å². The predicted molar refractivity (Wildman–Crippen MR) is 126 cm³/mol. The van der Waals surface area contributed by atoms with E-state index in [2.05, 4.69) is 52.7 Å². The zero-order valence-corrected chi connectivity index (χ0v) is 17.8. The smallest absolute Gasteiger partial charge is 0.162 e. The summed E-state index contributed by atoms with van der Waals surface area (Å²) in [5.41, 5.74) is 7.19. The van der Waals surface area contributed by atoms with E-state index < -0.39 is 0 Å². The highest BCUT2D eigenvalue weighted by atomic mass is 16.5. The molecule has 4 heterocycles. The van der Waals surface area contributed by atoms with Gasteiger partial charge in [0.15, 0.2) is 5.65 Å². The number of fused-ring (bicyclic) bond motifs is 2. The van der Waals surface area contributed by atoms with Gasteiger partial charge in [-0.2, -0.15) is 5.10 Å². The van der Waals surface area contributed by atoms with Gasteiger partial charge in [0.05, 0.1) is 11.7 Å². The second-order valence-corrected chi connectivity index (χ2v) is 8.31. The van der Waals surface area contributed by atoms with E-state index in [-0.39, 0.29) is 6.10 Å². The van der Waals surface area contributed by atoms with Crippen LogP contribution in [0.3, 0.4) is 0 Å². The van der Waals surface area contributed by atoms with Gasteiger partial charge in [0, 0.05) is 41.6 Å². The molecule has 0 saturated carbocycles. The van der Waals surface area contributed by atoms with Crippen LogP contribution in [0, 0.1) is 6.92 Å². The number of pyridine rings is 1. The lowest BCUT2D eigenvalue weighted by molar-refractivity contribution is 0.223. The van der Waals surface area contributed by atoms with E-state index in [4.69, 9.17) is 9.72 Å². The van der Waals surface area contributed by atoms with Crippen LogP contribution in [0.15, 0.2) is 73.3 Å². The summed E-state index contributed by atoms with van der Waals surface area (Å²) in [6.07, 6.45) is 8.97. The molecule has 0 radical (unpaired) electrons. The highest BCUT2D eigenvalue weighted by Gasteiger charge is 2.16. The molecule has 1 aliphatic heterocycles. The van der Waals surface area contributed by atoms with Crippen molar-refractivity contribution < 1.29 is 4.74 Å². The Balaban J connectivity index is 1.33. The van der Waals surface area contributed by atoms with Gasteiger partial charge in [-0.25, -0.2) is 9.50 Å². The Kier molecular flexibility index (Phi) is 4.58. The number of aromatic nitrogens is 4. The third-order valence-corrected chi connectivity index (χ3v) is 6.05. The molecule has 6 heteroatoms. The molecule has 2 aromatic carbocycles. The van der Waals surface area contributed by atoms with E-state index in [1.807, 2.05) is 47.5 Å². The maximum atomic E-state index is 6.03. The molecule has 0 unspecified atom stereocenters. The van der Waals surface area contributed by atoms with Crippen molar-refractivity contribution in [1.82, 2.24) is 24.9 Å². The molecule has 1 saturated heterocycles. The number of nitrogens with one attached hydrogen (secondary N) is 1. The third-order valence-electron chi connectivity index (χ3n) is 6.05. The lowest BCUT2D eigenvalue weighted by Crippen LogP contribution is -2.19. The van der Waals surface area contributed by atoms with E-state index in [1.165, 1.54) is 5.56 Å². The van der Waals surface area contributed by atoms with Crippen molar-refractivity contribution in [2.75, 3.05) is 13.1 Å². The number of nitrogens with zero attached hydrogens (tertiary/aromatic N) is 4. The van der Waals surface area contributed by atoms with Crippen LogP contribution in [0.2, 0.25) is 0 Å². The van der Waals surface area contributed by atoms with Crippen LogP contribution in [0.4, 0.5) is 0 Å². The van der Waals surface area contributed by atoms with E-state index in [0.717, 1.165) is 64.1 Å². The van der Waals surface area contributed by atoms with Crippen molar-refractivity contribution in [3.8, 4) is 28.0 Å². The fourth-order valence-corrected chi connectivity index (χ4v) is 4.35. The van der Waals surface area contributed by atoms with Crippen molar-refractivity contribution >= 4 is 16.6 Å². The van der Waals surface area contributed by atoms with Crippen molar-refractivity contribution in [3.05, 3.63) is 78.9 Å². The summed E-state index contributed by atoms with van der Waals surface area (Å²) in [6.45, 7) is 4.02. The summed E-state index contributed by atoms with van der Waals surface area (Å²) in [4.78, 5) is 9.29. The molecule has 32 heavy (non-hydrogen) atoms. The van der Waals surface area contributed by atoms with E-state index in [0.29, 0.717) is 0 Å². The van der Waals surface area contributed by atoms with Crippen LogP contribution in [0.25, 0.3) is 38.8 Å². The van der Waals surface area contributed by atoms with Crippen LogP contribution >= 0.6 is 0 Å². The van der Waals surface area contributed by atoms with Gasteiger partial charge in [0.2, 0.25) is 0 Å². The average Bonchev–Trinajstić information content (AvgIpc) is 3.48. The molecule has 1 fully saturated rings. The summed E-state index contributed by atoms with van der Waals surface area (Å²) in [6, 6.07) is 16.6. The quantitative estimate of drug-likeness (QED) is 0.457. The van der Waals surface area contributed by atoms with Crippen LogP contribution in [-0.4, -0.2) is 38.8 Å². The Morgan fingerprint density at radius 2 is 1.88 bits per heavy atom. The summed E-state index contributed by atoms with van der Waals surface area (Å²) in [5, 5.41) is 9.02. The summed E-state index contributed by atoms with van der Waals surface area (Å²) in [7, 11) is 0. The van der Waals surface area contributed by atoms with Gasteiger partial charge in [-0.15, -0.1) is 0 Å². The molecule has 0 amide bonds. The number of ether oxygens (including phenoxy) is 1. The van der Waals surface area contributed by atoms with Gasteiger partial charge < -0.3 is 10.1 Å². The Morgan fingerprint density at radius 1 is 0.969 bits per heavy atom. The first-order valence-corrected chi connectivity index (χ1v) is 10.9. The molecule has 5 aromatic rings. The maximum absolute atomic E-state index is 6.03. The van der Waals surface area contributed by atoms with Crippen molar-refractivity contribution in [3.63, 3.8) is 0 Å². The minimum Gasteiger partial charge on any atom is -0.489 e. The topological polar surface area (TPSA) is 64.3 Å². The minimum atomic E-state index is 0.259. The molecule has 3 aromatic heterocycles. The second kappa shape index (κ2) is 7.73. The fraction of sp³-hybridized carbons (Fsp3) is 0.192. The molecule has 0 bridgehead atoms. The third kappa shape index (κ3) is 3.39. The van der Waals surface area contributed by atoms with Crippen molar-refractivity contribution in [2.24, 2.45) is 0 Å². The molecule has 1 aliphatic rings. The number of hydrogen-bond donors (Lipinski definition) is 1. The van der Waals surface area contributed by atoms with Gasteiger partial charge >= 0.3 is 0 Å². The normalized spacial score (nSPS) is 16.1. The lowest BCUT2D eigenvalue weighted by Gasteiger charge is -2.12. The summed E-state index contributed by atoms with van der Waals surface area (Å²) >= 11 is 0. The molecule has 1 atom stereocenters. The summed E-state index contributed by atoms with van der Waals surface area (Å²) in [5.74, 6) is 0.901.